The molecular formula is C28H34N6O8. The minimum Gasteiger partial charge on any atom is -0.319 e. The number of amides is 2. The van der Waals surface area contributed by atoms with Crippen LogP contribution in [0.3, 0.4) is 0 Å². The molecule has 3 rings (SSSR count). The average molecular weight is 583 g/mol. The van der Waals surface area contributed by atoms with Gasteiger partial charge in [0.25, 0.3) is 11.4 Å². The third-order valence-corrected chi connectivity index (χ3v) is 6.95. The van der Waals surface area contributed by atoms with Gasteiger partial charge in [0.15, 0.2) is 0 Å². The van der Waals surface area contributed by atoms with E-state index in [9.17, 15) is 29.8 Å². The van der Waals surface area contributed by atoms with E-state index < -0.39 is 22.0 Å². The van der Waals surface area contributed by atoms with Gasteiger partial charge < -0.3 is 10.6 Å². The number of nitro benzene ring substituents is 2. The molecule has 224 valence electrons. The van der Waals surface area contributed by atoms with E-state index in [0.29, 0.717) is 35.4 Å². The Morgan fingerprint density at radius 2 is 1.29 bits per heavy atom. The number of nitrogens with zero attached hydrogens (tertiary/aromatic N) is 4. The fraction of sp³-hybridized carbons (Fsp3) is 0.429. The topological polar surface area (TPSA) is 188 Å². The Kier molecular flexibility index (Phi) is 9.94. The van der Waals surface area contributed by atoms with Gasteiger partial charge in [-0.25, -0.2) is 9.59 Å². The van der Waals surface area contributed by atoms with Gasteiger partial charge in [0.1, 0.15) is 0 Å². The molecule has 0 heterocycles. The number of carbonyl (C=O) groups excluding carboxylic acids is 2. The Morgan fingerprint density at radius 1 is 0.833 bits per heavy atom. The maximum absolute atomic E-state index is 12.5. The second kappa shape index (κ2) is 13.2. The van der Waals surface area contributed by atoms with Crippen molar-refractivity contribution in [1.82, 2.24) is 10.6 Å². The number of nitro groups is 2. The Morgan fingerprint density at radius 3 is 1.74 bits per heavy atom. The summed E-state index contributed by atoms with van der Waals surface area (Å²) in [5, 5.41) is 34.9. The molecule has 0 radical (unpaired) electrons. The van der Waals surface area contributed by atoms with Crippen LogP contribution >= 0.6 is 0 Å². The highest BCUT2D eigenvalue weighted by molar-refractivity contribution is 5.99. The SMILES string of the molecule is C/C(=N\OC(=O)NCC1(C)CC(NC(=O)O/N=C(\C)c2ccc([N+](=O)[O-])cc2)CC(C)(C)C1)c1ccc([N+](=O)[O-])cc1. The molecular weight excluding hydrogens is 548 g/mol. The molecule has 1 aliphatic carbocycles. The Balaban J connectivity index is 1.53. The summed E-state index contributed by atoms with van der Waals surface area (Å²) >= 11 is 0. The molecule has 2 N–H and O–H groups in total. The van der Waals surface area contributed by atoms with Crippen LogP contribution in [0.1, 0.15) is 65.0 Å². The van der Waals surface area contributed by atoms with E-state index in [0.717, 1.165) is 6.42 Å². The van der Waals surface area contributed by atoms with E-state index >= 15 is 0 Å². The molecule has 2 aromatic carbocycles. The molecule has 0 bridgehead atoms. The lowest BCUT2D eigenvalue weighted by Gasteiger charge is -2.46. The number of oxime groups is 2. The predicted octanol–water partition coefficient (Wildman–Crippen LogP) is 5.69. The van der Waals surface area contributed by atoms with Crippen molar-refractivity contribution in [2.75, 3.05) is 6.54 Å². The summed E-state index contributed by atoms with van der Waals surface area (Å²) in [6.45, 7) is 9.68. The van der Waals surface area contributed by atoms with Crippen LogP contribution in [0.25, 0.3) is 0 Å². The molecule has 1 aliphatic rings. The number of nitrogens with one attached hydrogen (secondary N) is 2. The molecule has 14 heteroatoms. The van der Waals surface area contributed by atoms with E-state index in [2.05, 4.69) is 34.8 Å². The van der Waals surface area contributed by atoms with E-state index in [1.165, 1.54) is 48.5 Å². The number of hydrogen-bond acceptors (Lipinski definition) is 10. The molecule has 0 spiro atoms. The highest BCUT2D eigenvalue weighted by Crippen LogP contribution is 2.45. The van der Waals surface area contributed by atoms with Gasteiger partial charge in [-0.05, 0) is 79.3 Å². The summed E-state index contributed by atoms with van der Waals surface area (Å²) in [7, 11) is 0. The molecule has 1 saturated carbocycles. The molecule has 2 amide bonds. The van der Waals surface area contributed by atoms with Crippen molar-refractivity contribution in [3.8, 4) is 0 Å². The molecule has 0 aliphatic heterocycles. The first kappa shape index (κ1) is 31.6. The third kappa shape index (κ3) is 9.08. The summed E-state index contributed by atoms with van der Waals surface area (Å²) in [5.41, 5.74) is 1.25. The lowest BCUT2D eigenvalue weighted by atomic mass is 9.62. The van der Waals surface area contributed by atoms with Crippen molar-refractivity contribution >= 4 is 35.0 Å². The fourth-order valence-electron chi connectivity index (χ4n) is 5.36. The maximum Gasteiger partial charge on any atom is 0.433 e. The molecule has 0 saturated heterocycles. The molecule has 2 unspecified atom stereocenters. The highest BCUT2D eigenvalue weighted by atomic mass is 16.7. The van der Waals surface area contributed by atoms with Crippen molar-refractivity contribution in [3.63, 3.8) is 0 Å². The predicted molar refractivity (Wildman–Crippen MR) is 154 cm³/mol. The van der Waals surface area contributed by atoms with E-state index in [-0.39, 0.29) is 34.8 Å². The van der Waals surface area contributed by atoms with Crippen LogP contribution in [0, 0.1) is 31.1 Å². The normalized spacial score (nSPS) is 20.3. The summed E-state index contributed by atoms with van der Waals surface area (Å²) in [6, 6.07) is 11.2. The molecule has 42 heavy (non-hydrogen) atoms. The molecule has 14 nitrogen and oxygen atoms in total. The van der Waals surface area contributed by atoms with Crippen molar-refractivity contribution in [2.45, 2.75) is 59.9 Å². The summed E-state index contributed by atoms with van der Waals surface area (Å²) in [4.78, 5) is 55.6. The first-order valence-electron chi connectivity index (χ1n) is 13.2. The van der Waals surface area contributed by atoms with E-state index in [1.54, 1.807) is 13.8 Å². The van der Waals surface area contributed by atoms with Crippen LogP contribution in [-0.2, 0) is 9.68 Å². The Labute approximate surface area is 242 Å². The average Bonchev–Trinajstić information content (AvgIpc) is 2.92. The van der Waals surface area contributed by atoms with Crippen LogP contribution in [0.2, 0.25) is 0 Å². The number of hydrogen-bond donors (Lipinski definition) is 2. The largest absolute Gasteiger partial charge is 0.433 e. The summed E-state index contributed by atoms with van der Waals surface area (Å²) in [5.74, 6) is 0. The van der Waals surface area contributed by atoms with Gasteiger partial charge in [-0.2, -0.15) is 0 Å². The molecule has 1 fully saturated rings. The minimum atomic E-state index is -0.749. The van der Waals surface area contributed by atoms with Gasteiger partial charge in [0.05, 0.1) is 21.3 Å². The standard InChI is InChI=1S/C28H34N6O8/c1-18(20-6-10-23(11-7-20)33(37)38)31-41-25(35)29-17-28(5)15-22(14-27(3,4)16-28)30-26(36)42-32-19(2)21-8-12-24(13-9-21)34(39)40/h6-13,22H,14-17H2,1-5H3,(H,29,35)(H,30,36)/b31-18+,32-19+. The molecule has 2 atom stereocenters. The first-order valence-corrected chi connectivity index (χ1v) is 13.2. The number of carbonyl (C=O) groups is 2. The molecule has 2 aromatic rings. The van der Waals surface area contributed by atoms with Crippen LogP contribution in [-0.4, -0.2) is 46.0 Å². The number of benzene rings is 2. The zero-order valence-electron chi connectivity index (χ0n) is 24.1. The highest BCUT2D eigenvalue weighted by Gasteiger charge is 2.42. The smallest absolute Gasteiger partial charge is 0.319 e. The minimum absolute atomic E-state index is 0.0546. The van der Waals surface area contributed by atoms with Gasteiger partial charge in [-0.3, -0.25) is 29.9 Å². The first-order chi connectivity index (χ1) is 19.7. The van der Waals surface area contributed by atoms with Crippen molar-refractivity contribution < 1.29 is 29.1 Å². The third-order valence-electron chi connectivity index (χ3n) is 6.95. The van der Waals surface area contributed by atoms with Gasteiger partial charge >= 0.3 is 12.2 Å². The van der Waals surface area contributed by atoms with Crippen molar-refractivity contribution in [3.05, 3.63) is 79.9 Å². The van der Waals surface area contributed by atoms with Gasteiger partial charge in [0, 0.05) is 36.9 Å². The monoisotopic (exact) mass is 582 g/mol. The van der Waals surface area contributed by atoms with Gasteiger partial charge in [-0.15, -0.1) is 0 Å². The van der Waals surface area contributed by atoms with Gasteiger partial charge in [0.2, 0.25) is 0 Å². The number of rotatable bonds is 9. The zero-order chi connectivity index (χ0) is 31.1. The second-order valence-electron chi connectivity index (χ2n) is 11.5. The van der Waals surface area contributed by atoms with Crippen molar-refractivity contribution in [2.24, 2.45) is 21.1 Å². The van der Waals surface area contributed by atoms with Crippen LogP contribution in [0.15, 0.2) is 58.8 Å². The number of non-ortho nitro benzene ring substituents is 2. The van der Waals surface area contributed by atoms with Crippen LogP contribution in [0.5, 0.6) is 0 Å². The molecule has 0 aromatic heterocycles. The van der Waals surface area contributed by atoms with Crippen molar-refractivity contribution in [1.29, 1.82) is 0 Å². The quantitative estimate of drug-likeness (QED) is 0.163. The maximum atomic E-state index is 12.5. The lowest BCUT2D eigenvalue weighted by molar-refractivity contribution is -0.385. The Bertz CT molecular complexity index is 1390. The Hall–Kier alpha value is -4.88. The van der Waals surface area contributed by atoms with Crippen LogP contribution < -0.4 is 10.6 Å². The van der Waals surface area contributed by atoms with Gasteiger partial charge in [-0.1, -0.05) is 31.1 Å². The van der Waals surface area contributed by atoms with E-state index in [1.807, 2.05) is 6.92 Å². The van der Waals surface area contributed by atoms with E-state index in [4.69, 9.17) is 9.68 Å². The lowest BCUT2D eigenvalue weighted by Crippen LogP contribution is -2.50. The summed E-state index contributed by atoms with van der Waals surface area (Å²) in [6.07, 6.45) is 0.537. The second-order valence-corrected chi connectivity index (χ2v) is 11.5. The van der Waals surface area contributed by atoms with Crippen LogP contribution in [0.4, 0.5) is 21.0 Å². The fourth-order valence-corrected chi connectivity index (χ4v) is 5.36. The summed E-state index contributed by atoms with van der Waals surface area (Å²) < 4.78 is 0. The zero-order valence-corrected chi connectivity index (χ0v) is 24.1.